The van der Waals surface area contributed by atoms with E-state index in [-0.39, 0.29) is 5.97 Å². The zero-order valence-corrected chi connectivity index (χ0v) is 29.4. The third kappa shape index (κ3) is 39.1. The summed E-state index contributed by atoms with van der Waals surface area (Å²) in [7, 11) is 0. The number of unbranched alkanes of at least 4 members (excludes halogenated alkanes) is 30. The van der Waals surface area contributed by atoms with Crippen LogP contribution >= 0.6 is 0 Å². The summed E-state index contributed by atoms with van der Waals surface area (Å²) in [6.45, 7) is 3.23. The minimum atomic E-state index is 0.0121. The summed E-state index contributed by atoms with van der Waals surface area (Å²) < 4.78 is 5.43. The number of rotatable bonds is 37. The standard InChI is InChI=1S/C40H78O3/c1-2-3-4-5-6-7-22-25-28-31-34-37-40(42)43-39-36-33-30-27-24-21-19-17-15-13-11-9-8-10-12-14-16-18-20-23-26-29-32-35-38-41/h5-6,41H,2-4,7-39H2,1H3. The van der Waals surface area contributed by atoms with E-state index in [2.05, 4.69) is 19.1 Å². The van der Waals surface area contributed by atoms with E-state index < -0.39 is 0 Å². The van der Waals surface area contributed by atoms with Crippen LogP contribution in [0.15, 0.2) is 12.2 Å². The summed E-state index contributed by atoms with van der Waals surface area (Å²) in [5, 5.41) is 8.79. The van der Waals surface area contributed by atoms with Crippen molar-refractivity contribution in [3.05, 3.63) is 12.2 Å². The highest BCUT2D eigenvalue weighted by Crippen LogP contribution is 2.16. The molecule has 0 bridgehead atoms. The van der Waals surface area contributed by atoms with Gasteiger partial charge < -0.3 is 9.84 Å². The zero-order valence-electron chi connectivity index (χ0n) is 29.4. The summed E-state index contributed by atoms with van der Waals surface area (Å²) in [6.07, 6.45) is 48.8. The lowest BCUT2D eigenvalue weighted by atomic mass is 10.0. The lowest BCUT2D eigenvalue weighted by Gasteiger charge is -2.06. The number of aliphatic hydroxyl groups excluding tert-OH is 1. The van der Waals surface area contributed by atoms with E-state index >= 15 is 0 Å². The molecule has 0 aromatic carbocycles. The average Bonchev–Trinajstić information content (AvgIpc) is 3.01. The van der Waals surface area contributed by atoms with Gasteiger partial charge in [-0.3, -0.25) is 4.79 Å². The van der Waals surface area contributed by atoms with Gasteiger partial charge in [0, 0.05) is 13.0 Å². The molecule has 0 aliphatic rings. The molecule has 0 saturated heterocycles. The van der Waals surface area contributed by atoms with E-state index in [0.717, 1.165) is 25.7 Å². The van der Waals surface area contributed by atoms with Crippen molar-refractivity contribution in [3.63, 3.8) is 0 Å². The number of carbonyl (C=O) groups excluding carboxylic acids is 1. The van der Waals surface area contributed by atoms with Gasteiger partial charge in [0.1, 0.15) is 0 Å². The molecule has 1 N–H and O–H groups in total. The van der Waals surface area contributed by atoms with Crippen molar-refractivity contribution in [2.75, 3.05) is 13.2 Å². The molecule has 256 valence electrons. The Morgan fingerprint density at radius 2 is 0.767 bits per heavy atom. The molecule has 0 fully saturated rings. The number of carbonyl (C=O) groups is 1. The van der Waals surface area contributed by atoms with Gasteiger partial charge in [-0.15, -0.1) is 0 Å². The molecule has 0 spiro atoms. The lowest BCUT2D eigenvalue weighted by Crippen LogP contribution is -2.05. The molecule has 0 aliphatic heterocycles. The monoisotopic (exact) mass is 607 g/mol. The Morgan fingerprint density at radius 1 is 0.442 bits per heavy atom. The van der Waals surface area contributed by atoms with Gasteiger partial charge in [-0.1, -0.05) is 192 Å². The fraction of sp³-hybridized carbons (Fsp3) is 0.925. The highest BCUT2D eigenvalue weighted by Gasteiger charge is 2.02. The number of esters is 1. The first-order valence-corrected chi connectivity index (χ1v) is 19.7. The fourth-order valence-electron chi connectivity index (χ4n) is 5.98. The fourth-order valence-corrected chi connectivity index (χ4v) is 5.98. The minimum absolute atomic E-state index is 0.0121. The van der Waals surface area contributed by atoms with Crippen molar-refractivity contribution < 1.29 is 14.6 Å². The maximum atomic E-state index is 11.9. The molecular formula is C40H78O3. The molecule has 0 aromatic heterocycles. The molecule has 3 heteroatoms. The number of hydrogen-bond donors (Lipinski definition) is 1. The second-order valence-electron chi connectivity index (χ2n) is 13.3. The van der Waals surface area contributed by atoms with Crippen LogP contribution in [0.2, 0.25) is 0 Å². The summed E-state index contributed by atoms with van der Waals surface area (Å²) in [5.74, 6) is 0.0121. The van der Waals surface area contributed by atoms with Gasteiger partial charge >= 0.3 is 5.97 Å². The molecule has 3 nitrogen and oxygen atoms in total. The van der Waals surface area contributed by atoms with E-state index in [9.17, 15) is 4.79 Å². The predicted octanol–water partition coefficient (Wildman–Crippen LogP) is 13.4. The van der Waals surface area contributed by atoms with Gasteiger partial charge in [-0.25, -0.2) is 0 Å². The Kier molecular flexibility index (Phi) is 38.4. The van der Waals surface area contributed by atoms with Crippen LogP contribution in [0, 0.1) is 0 Å². The number of allylic oxidation sites excluding steroid dienone is 2. The first-order chi connectivity index (χ1) is 21.3. The largest absolute Gasteiger partial charge is 0.466 e. The minimum Gasteiger partial charge on any atom is -0.466 e. The van der Waals surface area contributed by atoms with E-state index in [1.54, 1.807) is 0 Å². The highest BCUT2D eigenvalue weighted by molar-refractivity contribution is 5.69. The highest BCUT2D eigenvalue weighted by atomic mass is 16.5. The molecule has 0 unspecified atom stereocenters. The van der Waals surface area contributed by atoms with Crippen LogP contribution in [0.25, 0.3) is 0 Å². The molecule has 0 radical (unpaired) electrons. The van der Waals surface area contributed by atoms with Crippen molar-refractivity contribution in [2.45, 2.75) is 225 Å². The van der Waals surface area contributed by atoms with Crippen LogP contribution in [0.3, 0.4) is 0 Å². The second-order valence-corrected chi connectivity index (χ2v) is 13.3. The van der Waals surface area contributed by atoms with Crippen LogP contribution in [0.4, 0.5) is 0 Å². The Balaban J connectivity index is 3.14. The number of ether oxygens (including phenoxy) is 1. The van der Waals surface area contributed by atoms with Gasteiger partial charge in [0.15, 0.2) is 0 Å². The van der Waals surface area contributed by atoms with Gasteiger partial charge in [-0.2, -0.15) is 0 Å². The molecule has 0 amide bonds. The van der Waals surface area contributed by atoms with Crippen molar-refractivity contribution in [3.8, 4) is 0 Å². The maximum Gasteiger partial charge on any atom is 0.305 e. The Labute approximate surface area is 270 Å². The van der Waals surface area contributed by atoms with Crippen LogP contribution in [-0.2, 0) is 9.53 Å². The molecule has 0 heterocycles. The molecule has 0 aliphatic carbocycles. The van der Waals surface area contributed by atoms with Crippen molar-refractivity contribution in [1.29, 1.82) is 0 Å². The quantitative estimate of drug-likeness (QED) is 0.0434. The van der Waals surface area contributed by atoms with Gasteiger partial charge in [0.25, 0.3) is 0 Å². The average molecular weight is 607 g/mol. The molecule has 0 rings (SSSR count). The Bertz CT molecular complexity index is 544. The first kappa shape index (κ1) is 42.2. The molecule has 0 saturated carbocycles. The third-order valence-electron chi connectivity index (χ3n) is 8.96. The van der Waals surface area contributed by atoms with Crippen molar-refractivity contribution >= 4 is 5.97 Å². The summed E-state index contributed by atoms with van der Waals surface area (Å²) in [4.78, 5) is 11.9. The van der Waals surface area contributed by atoms with Crippen LogP contribution in [-0.4, -0.2) is 24.3 Å². The topological polar surface area (TPSA) is 46.5 Å². The van der Waals surface area contributed by atoms with Crippen LogP contribution in [0.1, 0.15) is 225 Å². The first-order valence-electron chi connectivity index (χ1n) is 19.7. The van der Waals surface area contributed by atoms with E-state index in [0.29, 0.717) is 19.6 Å². The normalized spacial score (nSPS) is 11.6. The third-order valence-corrected chi connectivity index (χ3v) is 8.96. The molecule has 0 aromatic rings. The summed E-state index contributed by atoms with van der Waals surface area (Å²) in [6, 6.07) is 0. The van der Waals surface area contributed by atoms with Crippen LogP contribution in [0.5, 0.6) is 0 Å². The smallest absolute Gasteiger partial charge is 0.305 e. The molecule has 43 heavy (non-hydrogen) atoms. The lowest BCUT2D eigenvalue weighted by molar-refractivity contribution is -0.143. The van der Waals surface area contributed by atoms with Crippen LogP contribution < -0.4 is 0 Å². The summed E-state index contributed by atoms with van der Waals surface area (Å²) >= 11 is 0. The van der Waals surface area contributed by atoms with Gasteiger partial charge in [0.2, 0.25) is 0 Å². The Hall–Kier alpha value is -0.830. The summed E-state index contributed by atoms with van der Waals surface area (Å²) in [5.41, 5.74) is 0. The zero-order chi connectivity index (χ0) is 31.2. The number of hydrogen-bond acceptors (Lipinski definition) is 3. The van der Waals surface area contributed by atoms with E-state index in [1.165, 1.54) is 186 Å². The van der Waals surface area contributed by atoms with Gasteiger partial charge in [-0.05, 0) is 38.5 Å². The number of aliphatic hydroxyl groups is 1. The van der Waals surface area contributed by atoms with Crippen molar-refractivity contribution in [2.24, 2.45) is 0 Å². The SMILES string of the molecule is CCCCC=CCCCCCCCC(=O)OCCCCCCCCCCCCCCCCCCCCCCCCCCO. The Morgan fingerprint density at radius 3 is 1.16 bits per heavy atom. The molecule has 0 atom stereocenters. The molecular weight excluding hydrogens is 528 g/mol. The second kappa shape index (κ2) is 39.2. The van der Waals surface area contributed by atoms with E-state index in [1.807, 2.05) is 0 Å². The van der Waals surface area contributed by atoms with Crippen molar-refractivity contribution in [1.82, 2.24) is 0 Å². The predicted molar refractivity (Wildman–Crippen MR) is 190 cm³/mol. The van der Waals surface area contributed by atoms with Gasteiger partial charge in [0.05, 0.1) is 6.61 Å². The van der Waals surface area contributed by atoms with E-state index in [4.69, 9.17) is 9.84 Å². The maximum absolute atomic E-state index is 11.9.